The largest absolute Gasteiger partial charge is 0.336 e. The number of pyridine rings is 1. The monoisotopic (exact) mass is 485 g/mol. The van der Waals surface area contributed by atoms with E-state index in [0.717, 1.165) is 30.8 Å². The van der Waals surface area contributed by atoms with Gasteiger partial charge in [0.05, 0.1) is 11.5 Å². The normalized spacial score (nSPS) is 22.3. The summed E-state index contributed by atoms with van der Waals surface area (Å²) < 4.78 is 1.95. The standard InChI is InChI=1S/C28H31N5O3/c1-31-18-15-30-26(31)23-12-6-8-16-32(23)24(34)19-28(21-9-3-2-4-10-21)20-25(35)33(27(28)36)17-13-22-11-5-7-14-29-22/h2-5,7,9-11,14-15,18,23H,6,8,12-13,16-17,19-20H2,1H3/t23-,28+/m1/s1. The average molecular weight is 486 g/mol. The van der Waals surface area contributed by atoms with Gasteiger partial charge < -0.3 is 9.47 Å². The van der Waals surface area contributed by atoms with E-state index in [9.17, 15) is 14.4 Å². The molecule has 0 unspecified atom stereocenters. The van der Waals surface area contributed by atoms with Crippen LogP contribution in [0.2, 0.25) is 0 Å². The molecule has 2 aromatic heterocycles. The molecule has 0 saturated carbocycles. The highest BCUT2D eigenvalue weighted by Crippen LogP contribution is 2.41. The number of hydrogen-bond donors (Lipinski definition) is 0. The molecule has 2 aliphatic rings. The highest BCUT2D eigenvalue weighted by Gasteiger charge is 2.54. The van der Waals surface area contributed by atoms with Crippen molar-refractivity contribution in [3.8, 4) is 0 Å². The molecule has 5 rings (SSSR count). The van der Waals surface area contributed by atoms with E-state index in [1.807, 2.05) is 71.2 Å². The van der Waals surface area contributed by atoms with E-state index >= 15 is 0 Å². The molecule has 0 bridgehead atoms. The van der Waals surface area contributed by atoms with E-state index in [-0.39, 0.29) is 43.1 Å². The molecule has 0 N–H and O–H groups in total. The molecule has 3 amide bonds. The lowest BCUT2D eigenvalue weighted by molar-refractivity contribution is -0.144. The van der Waals surface area contributed by atoms with Crippen LogP contribution >= 0.6 is 0 Å². The first-order valence-electron chi connectivity index (χ1n) is 12.6. The number of carbonyl (C=O) groups is 3. The van der Waals surface area contributed by atoms with Crippen LogP contribution in [-0.2, 0) is 33.3 Å². The van der Waals surface area contributed by atoms with Crippen molar-refractivity contribution >= 4 is 17.7 Å². The predicted octanol–water partition coefficient (Wildman–Crippen LogP) is 3.20. The fourth-order valence-corrected chi connectivity index (χ4v) is 5.58. The second kappa shape index (κ2) is 10.0. The van der Waals surface area contributed by atoms with E-state index in [4.69, 9.17) is 0 Å². The van der Waals surface area contributed by atoms with Crippen molar-refractivity contribution in [1.29, 1.82) is 0 Å². The summed E-state index contributed by atoms with van der Waals surface area (Å²) in [6.45, 7) is 0.865. The maximum atomic E-state index is 13.9. The number of likely N-dealkylation sites (tertiary alicyclic amines) is 2. The number of benzene rings is 1. The van der Waals surface area contributed by atoms with Gasteiger partial charge in [-0.05, 0) is 37.0 Å². The molecule has 2 saturated heterocycles. The van der Waals surface area contributed by atoms with Gasteiger partial charge in [0, 0.05) is 63.7 Å². The van der Waals surface area contributed by atoms with Gasteiger partial charge in [-0.1, -0.05) is 36.4 Å². The SMILES string of the molecule is Cn1ccnc1[C@H]1CCCCN1C(=O)C[C@@]1(c2ccccc2)CC(=O)N(CCc2ccccn2)C1=O. The first kappa shape index (κ1) is 23.9. The van der Waals surface area contributed by atoms with Gasteiger partial charge in [0.2, 0.25) is 17.7 Å². The second-order valence-corrected chi connectivity index (χ2v) is 9.72. The van der Waals surface area contributed by atoms with Gasteiger partial charge in [0.25, 0.3) is 0 Å². The molecule has 4 heterocycles. The maximum absolute atomic E-state index is 13.9. The smallest absolute Gasteiger partial charge is 0.240 e. The molecule has 1 aromatic carbocycles. The number of nitrogens with zero attached hydrogens (tertiary/aromatic N) is 5. The van der Waals surface area contributed by atoms with Crippen LogP contribution in [0.25, 0.3) is 0 Å². The van der Waals surface area contributed by atoms with Gasteiger partial charge in [-0.2, -0.15) is 0 Å². The average Bonchev–Trinajstić information content (AvgIpc) is 3.44. The van der Waals surface area contributed by atoms with Crippen molar-refractivity contribution in [2.45, 2.75) is 50.0 Å². The van der Waals surface area contributed by atoms with Crippen LogP contribution in [0.4, 0.5) is 0 Å². The third kappa shape index (κ3) is 4.43. The van der Waals surface area contributed by atoms with E-state index in [0.29, 0.717) is 18.5 Å². The van der Waals surface area contributed by atoms with Crippen LogP contribution in [0, 0.1) is 0 Å². The molecule has 2 fully saturated rings. The second-order valence-electron chi connectivity index (χ2n) is 9.72. The lowest BCUT2D eigenvalue weighted by atomic mass is 9.75. The Balaban J connectivity index is 1.43. The quantitative estimate of drug-likeness (QED) is 0.480. The zero-order valence-corrected chi connectivity index (χ0v) is 20.5. The Bertz CT molecular complexity index is 1240. The van der Waals surface area contributed by atoms with Crippen molar-refractivity contribution in [3.05, 3.63) is 84.2 Å². The zero-order valence-electron chi connectivity index (χ0n) is 20.5. The molecule has 0 spiro atoms. The minimum atomic E-state index is -1.21. The lowest BCUT2D eigenvalue weighted by Crippen LogP contribution is -2.46. The molecular formula is C28H31N5O3. The van der Waals surface area contributed by atoms with Crippen LogP contribution in [0.1, 0.15) is 55.2 Å². The minimum Gasteiger partial charge on any atom is -0.336 e. The number of amides is 3. The Morgan fingerprint density at radius 1 is 1.03 bits per heavy atom. The van der Waals surface area contributed by atoms with Crippen molar-refractivity contribution in [1.82, 2.24) is 24.3 Å². The van der Waals surface area contributed by atoms with Crippen LogP contribution in [0.3, 0.4) is 0 Å². The summed E-state index contributed by atoms with van der Waals surface area (Å²) in [6, 6.07) is 14.8. The molecule has 8 heteroatoms. The van der Waals surface area contributed by atoms with Crippen molar-refractivity contribution in [2.75, 3.05) is 13.1 Å². The van der Waals surface area contributed by atoms with Crippen LogP contribution < -0.4 is 0 Å². The Morgan fingerprint density at radius 3 is 2.56 bits per heavy atom. The van der Waals surface area contributed by atoms with Crippen LogP contribution in [-0.4, -0.2) is 55.1 Å². The number of hydrogen-bond acceptors (Lipinski definition) is 5. The molecule has 36 heavy (non-hydrogen) atoms. The van der Waals surface area contributed by atoms with E-state index in [1.165, 1.54) is 4.90 Å². The molecule has 2 aliphatic heterocycles. The van der Waals surface area contributed by atoms with E-state index in [1.54, 1.807) is 12.4 Å². The van der Waals surface area contributed by atoms with Gasteiger partial charge in [-0.3, -0.25) is 24.3 Å². The summed E-state index contributed by atoms with van der Waals surface area (Å²) in [5, 5.41) is 0. The summed E-state index contributed by atoms with van der Waals surface area (Å²) in [6.07, 6.45) is 8.52. The molecule has 0 radical (unpaired) electrons. The number of imide groups is 1. The molecular weight excluding hydrogens is 454 g/mol. The van der Waals surface area contributed by atoms with Crippen LogP contribution in [0.5, 0.6) is 0 Å². The Morgan fingerprint density at radius 2 is 1.83 bits per heavy atom. The summed E-state index contributed by atoms with van der Waals surface area (Å²) in [7, 11) is 1.93. The summed E-state index contributed by atoms with van der Waals surface area (Å²) in [4.78, 5) is 53.0. The number of imidazole rings is 1. The first-order valence-corrected chi connectivity index (χ1v) is 12.6. The highest BCUT2D eigenvalue weighted by atomic mass is 16.2. The third-order valence-electron chi connectivity index (χ3n) is 7.49. The van der Waals surface area contributed by atoms with Gasteiger partial charge in [0.1, 0.15) is 5.82 Å². The van der Waals surface area contributed by atoms with Gasteiger partial charge in [0.15, 0.2) is 0 Å². The number of carbonyl (C=O) groups excluding carboxylic acids is 3. The predicted molar refractivity (Wildman–Crippen MR) is 134 cm³/mol. The van der Waals surface area contributed by atoms with Gasteiger partial charge >= 0.3 is 0 Å². The first-order chi connectivity index (χ1) is 17.5. The maximum Gasteiger partial charge on any atom is 0.240 e. The fraction of sp³-hybridized carbons (Fsp3) is 0.393. The van der Waals surface area contributed by atoms with Gasteiger partial charge in [-0.15, -0.1) is 0 Å². The molecule has 3 aromatic rings. The zero-order chi connectivity index (χ0) is 25.1. The topological polar surface area (TPSA) is 88.4 Å². The van der Waals surface area contributed by atoms with Crippen molar-refractivity contribution < 1.29 is 14.4 Å². The Labute approximate surface area is 211 Å². The van der Waals surface area contributed by atoms with Crippen molar-refractivity contribution in [3.63, 3.8) is 0 Å². The van der Waals surface area contributed by atoms with Crippen molar-refractivity contribution in [2.24, 2.45) is 7.05 Å². The van der Waals surface area contributed by atoms with E-state index in [2.05, 4.69) is 9.97 Å². The molecule has 8 nitrogen and oxygen atoms in total. The summed E-state index contributed by atoms with van der Waals surface area (Å²) >= 11 is 0. The molecule has 186 valence electrons. The minimum absolute atomic E-state index is 0.00921. The Hall–Kier alpha value is -3.81. The van der Waals surface area contributed by atoms with Gasteiger partial charge in [-0.25, -0.2) is 4.98 Å². The number of aromatic nitrogens is 3. The van der Waals surface area contributed by atoms with Crippen LogP contribution in [0.15, 0.2) is 67.1 Å². The lowest BCUT2D eigenvalue weighted by Gasteiger charge is -2.37. The van der Waals surface area contributed by atoms with E-state index < -0.39 is 5.41 Å². The number of rotatable bonds is 7. The Kier molecular flexibility index (Phi) is 6.67. The highest BCUT2D eigenvalue weighted by molar-refractivity contribution is 6.10. The number of piperidine rings is 1. The third-order valence-corrected chi connectivity index (χ3v) is 7.49. The summed E-state index contributed by atoms with van der Waals surface area (Å²) in [5.74, 6) is 0.197. The number of aryl methyl sites for hydroxylation is 1. The fourth-order valence-electron chi connectivity index (χ4n) is 5.58. The molecule has 0 aliphatic carbocycles. The summed E-state index contributed by atoms with van der Waals surface area (Å²) in [5.41, 5.74) is 0.323. The molecule has 2 atom stereocenters.